The summed E-state index contributed by atoms with van der Waals surface area (Å²) in [5.74, 6) is 1.13. The fourth-order valence-electron chi connectivity index (χ4n) is 2.27. The fourth-order valence-corrected chi connectivity index (χ4v) is 3.07. The summed E-state index contributed by atoms with van der Waals surface area (Å²) in [5, 5.41) is 4.69. The number of nitrogens with two attached hydrogens (primary N) is 1. The van der Waals surface area contributed by atoms with Crippen molar-refractivity contribution in [3.63, 3.8) is 0 Å². The number of hydrogen-bond donors (Lipinski definition) is 2. The Morgan fingerprint density at radius 1 is 1.24 bits per heavy atom. The third-order valence-electron chi connectivity index (χ3n) is 3.46. The Balaban J connectivity index is 2.28. The maximum absolute atomic E-state index is 6.08. The molecule has 0 bridgehead atoms. The zero-order valence-electron chi connectivity index (χ0n) is 13.1. The van der Waals surface area contributed by atoms with Crippen LogP contribution in [0.2, 0.25) is 0 Å². The van der Waals surface area contributed by atoms with Crippen LogP contribution >= 0.6 is 11.5 Å². The topological polar surface area (TPSA) is 54.2 Å². The molecule has 0 fully saturated rings. The number of nitrogens with zero attached hydrogens (tertiary/aromatic N) is 2. The molecule has 0 saturated heterocycles. The van der Waals surface area contributed by atoms with E-state index >= 15 is 0 Å². The van der Waals surface area contributed by atoms with Crippen LogP contribution in [0.4, 0.5) is 10.8 Å². The Morgan fingerprint density at radius 2 is 1.90 bits per heavy atom. The van der Waals surface area contributed by atoms with Gasteiger partial charge in [0.1, 0.15) is 10.8 Å². The quantitative estimate of drug-likeness (QED) is 0.859. The van der Waals surface area contributed by atoms with Crippen molar-refractivity contribution in [2.75, 3.05) is 31.7 Å². The predicted octanol–water partition coefficient (Wildman–Crippen LogP) is 3.39. The van der Waals surface area contributed by atoms with Gasteiger partial charge in [-0.25, -0.2) is 0 Å². The molecule has 1 unspecified atom stereocenters. The maximum Gasteiger partial charge on any atom is 0.147 e. The van der Waals surface area contributed by atoms with E-state index in [2.05, 4.69) is 54.7 Å². The van der Waals surface area contributed by atoms with Crippen molar-refractivity contribution in [2.45, 2.75) is 19.9 Å². The van der Waals surface area contributed by atoms with E-state index in [1.54, 1.807) is 0 Å². The normalized spacial score (nSPS) is 12.9. The van der Waals surface area contributed by atoms with E-state index in [9.17, 15) is 0 Å². The first-order valence-electron chi connectivity index (χ1n) is 7.21. The van der Waals surface area contributed by atoms with Gasteiger partial charge in [0.05, 0.1) is 5.56 Å². The Morgan fingerprint density at radius 3 is 2.48 bits per heavy atom. The van der Waals surface area contributed by atoms with Gasteiger partial charge in [-0.3, -0.25) is 0 Å². The minimum atomic E-state index is 0.363. The molecule has 114 valence electrons. The summed E-state index contributed by atoms with van der Waals surface area (Å²) in [7, 11) is 4.19. The first kappa shape index (κ1) is 15.8. The smallest absolute Gasteiger partial charge is 0.147 e. The highest BCUT2D eigenvalue weighted by Gasteiger charge is 2.19. The van der Waals surface area contributed by atoms with Crippen molar-refractivity contribution in [1.29, 1.82) is 0 Å². The number of nitrogen functional groups attached to an aromatic ring is 1. The molecular formula is C16H24N4S. The SMILES string of the molecule is CC(C)C(CN(C)C)Nc1snc(N)c1-c1ccccc1. The second kappa shape index (κ2) is 6.91. The van der Waals surface area contributed by atoms with Crippen LogP contribution in [0.25, 0.3) is 11.1 Å². The van der Waals surface area contributed by atoms with Crippen LogP contribution in [0.1, 0.15) is 13.8 Å². The molecule has 0 aliphatic heterocycles. The van der Waals surface area contributed by atoms with Gasteiger partial charge in [0.15, 0.2) is 0 Å². The minimum absolute atomic E-state index is 0.363. The first-order chi connectivity index (χ1) is 9.99. The standard InChI is InChI=1S/C16H24N4S/c1-11(2)13(10-20(3)4)18-16-14(15(17)19-21-16)12-8-6-5-7-9-12/h5-9,11,13,18H,10H2,1-4H3,(H2,17,19). The molecule has 4 nitrogen and oxygen atoms in total. The van der Waals surface area contributed by atoms with Crippen LogP contribution in [0.5, 0.6) is 0 Å². The van der Waals surface area contributed by atoms with Crippen LogP contribution in [0, 0.1) is 5.92 Å². The molecule has 1 atom stereocenters. The van der Waals surface area contributed by atoms with Crippen molar-refractivity contribution in [2.24, 2.45) is 5.92 Å². The number of rotatable bonds is 6. The van der Waals surface area contributed by atoms with Crippen molar-refractivity contribution in [3.8, 4) is 11.1 Å². The predicted molar refractivity (Wildman–Crippen MR) is 92.8 cm³/mol. The molecule has 0 amide bonds. The van der Waals surface area contributed by atoms with Gasteiger partial charge in [-0.15, -0.1) is 0 Å². The maximum atomic E-state index is 6.08. The van der Waals surface area contributed by atoms with E-state index in [-0.39, 0.29) is 0 Å². The van der Waals surface area contributed by atoms with E-state index in [0.717, 1.165) is 22.7 Å². The summed E-state index contributed by atoms with van der Waals surface area (Å²) in [5.41, 5.74) is 8.20. The Bertz CT molecular complexity index is 563. The van der Waals surface area contributed by atoms with Gasteiger partial charge >= 0.3 is 0 Å². The summed E-state index contributed by atoms with van der Waals surface area (Å²) in [6, 6.07) is 10.6. The Hall–Kier alpha value is -1.59. The van der Waals surface area contributed by atoms with Crippen LogP contribution in [0.3, 0.4) is 0 Å². The largest absolute Gasteiger partial charge is 0.382 e. The Kier molecular flexibility index (Phi) is 5.20. The highest BCUT2D eigenvalue weighted by molar-refractivity contribution is 7.11. The van der Waals surface area contributed by atoms with Crippen LogP contribution in [-0.2, 0) is 0 Å². The van der Waals surface area contributed by atoms with Gasteiger partial charge in [-0.2, -0.15) is 4.37 Å². The number of anilines is 2. The molecule has 0 aliphatic carbocycles. The molecule has 2 rings (SSSR count). The average Bonchev–Trinajstić information content (AvgIpc) is 2.79. The number of nitrogens with one attached hydrogen (secondary N) is 1. The summed E-state index contributed by atoms with van der Waals surface area (Å²) >= 11 is 1.44. The summed E-state index contributed by atoms with van der Waals surface area (Å²) in [4.78, 5) is 2.20. The molecule has 0 radical (unpaired) electrons. The molecule has 1 aromatic carbocycles. The third kappa shape index (κ3) is 3.95. The van der Waals surface area contributed by atoms with E-state index in [1.165, 1.54) is 11.5 Å². The van der Waals surface area contributed by atoms with Crippen LogP contribution in [0.15, 0.2) is 30.3 Å². The lowest BCUT2D eigenvalue weighted by Crippen LogP contribution is -2.36. The second-order valence-electron chi connectivity index (χ2n) is 5.90. The summed E-state index contributed by atoms with van der Waals surface area (Å²) in [6.07, 6.45) is 0. The number of hydrogen-bond acceptors (Lipinski definition) is 5. The zero-order valence-corrected chi connectivity index (χ0v) is 13.9. The van der Waals surface area contributed by atoms with Crippen molar-refractivity contribution in [1.82, 2.24) is 9.27 Å². The monoisotopic (exact) mass is 304 g/mol. The molecule has 5 heteroatoms. The third-order valence-corrected chi connectivity index (χ3v) is 4.26. The van der Waals surface area contributed by atoms with Crippen LogP contribution < -0.4 is 11.1 Å². The molecule has 3 N–H and O–H groups in total. The highest BCUT2D eigenvalue weighted by atomic mass is 32.1. The Labute approximate surface area is 131 Å². The zero-order chi connectivity index (χ0) is 15.4. The molecule has 0 saturated carbocycles. The van der Waals surface area contributed by atoms with E-state index in [4.69, 9.17) is 5.73 Å². The summed E-state index contributed by atoms with van der Waals surface area (Å²) in [6.45, 7) is 5.44. The van der Waals surface area contributed by atoms with Gasteiger partial charge in [-0.1, -0.05) is 44.2 Å². The number of benzene rings is 1. The van der Waals surface area contributed by atoms with Gasteiger partial charge in [0.2, 0.25) is 0 Å². The minimum Gasteiger partial charge on any atom is -0.382 e. The fraction of sp³-hybridized carbons (Fsp3) is 0.438. The summed E-state index contributed by atoms with van der Waals surface area (Å²) < 4.78 is 4.33. The van der Waals surface area contributed by atoms with Crippen LogP contribution in [-0.4, -0.2) is 36.0 Å². The highest BCUT2D eigenvalue weighted by Crippen LogP contribution is 2.37. The second-order valence-corrected chi connectivity index (χ2v) is 6.67. The lowest BCUT2D eigenvalue weighted by Gasteiger charge is -2.26. The number of aromatic nitrogens is 1. The van der Waals surface area contributed by atoms with Gasteiger partial charge in [0, 0.05) is 12.6 Å². The number of likely N-dealkylation sites (N-methyl/N-ethyl adjacent to an activating group) is 1. The van der Waals surface area contributed by atoms with Gasteiger partial charge in [-0.05, 0) is 37.1 Å². The van der Waals surface area contributed by atoms with E-state index < -0.39 is 0 Å². The molecular weight excluding hydrogens is 280 g/mol. The molecule has 0 spiro atoms. The van der Waals surface area contributed by atoms with Crippen molar-refractivity contribution >= 4 is 22.4 Å². The van der Waals surface area contributed by atoms with Gasteiger partial charge in [0.25, 0.3) is 0 Å². The van der Waals surface area contributed by atoms with E-state index in [0.29, 0.717) is 17.8 Å². The molecule has 0 aliphatic rings. The first-order valence-corrected chi connectivity index (χ1v) is 7.98. The lowest BCUT2D eigenvalue weighted by atomic mass is 10.0. The van der Waals surface area contributed by atoms with E-state index in [1.807, 2.05) is 18.2 Å². The van der Waals surface area contributed by atoms with Crippen molar-refractivity contribution < 1.29 is 0 Å². The van der Waals surface area contributed by atoms with Gasteiger partial charge < -0.3 is 16.0 Å². The average molecular weight is 304 g/mol. The lowest BCUT2D eigenvalue weighted by molar-refractivity contribution is 0.345. The molecule has 21 heavy (non-hydrogen) atoms. The molecule has 2 aromatic rings. The van der Waals surface area contributed by atoms with Crippen molar-refractivity contribution in [3.05, 3.63) is 30.3 Å². The molecule has 1 heterocycles. The molecule has 1 aromatic heterocycles.